The molecular weight excluding hydrogens is 204 g/mol. The van der Waals surface area contributed by atoms with Crippen molar-refractivity contribution in [2.45, 2.75) is 11.8 Å². The van der Waals surface area contributed by atoms with Gasteiger partial charge in [0.1, 0.15) is 0 Å². The number of benzene rings is 1. The maximum Gasteiger partial charge on any atom is 0.303 e. The van der Waals surface area contributed by atoms with Gasteiger partial charge in [-0.15, -0.1) is 0 Å². The molecule has 5 heteroatoms. The van der Waals surface area contributed by atoms with Crippen LogP contribution in [0.4, 0.5) is 0 Å². The fourth-order valence-corrected chi connectivity index (χ4v) is 3.88. The molecule has 13 heavy (non-hydrogen) atoms. The zero-order valence-electron chi connectivity index (χ0n) is 7.65. The predicted octanol–water partition coefficient (Wildman–Crippen LogP) is 0.414. The van der Waals surface area contributed by atoms with Gasteiger partial charge in [-0.1, -0.05) is 17.7 Å². The number of hydrogen-bond donors (Lipinski definition) is 0. The Balaban J connectivity index is 3.02. The summed E-state index contributed by atoms with van der Waals surface area (Å²) >= 11 is 0. The molecule has 3 nitrogen and oxygen atoms in total. The van der Waals surface area contributed by atoms with E-state index >= 15 is 0 Å². The van der Waals surface area contributed by atoms with E-state index in [1.807, 2.05) is 6.92 Å². The smallest absolute Gasteiger partial charge is 0.303 e. The van der Waals surface area contributed by atoms with E-state index in [9.17, 15) is 8.42 Å². The molecule has 0 atom stereocenters. The summed E-state index contributed by atoms with van der Waals surface area (Å²) < 4.78 is 27.7. The van der Waals surface area contributed by atoms with Crippen LogP contribution in [0.15, 0.2) is 29.2 Å². The molecule has 0 fully saturated rings. The van der Waals surface area contributed by atoms with Gasteiger partial charge in [0.15, 0.2) is 9.29 Å². The highest BCUT2D eigenvalue weighted by Gasteiger charge is 2.13. The van der Waals surface area contributed by atoms with E-state index in [1.165, 1.54) is 7.11 Å². The average Bonchev–Trinajstić information content (AvgIpc) is 2.05. The van der Waals surface area contributed by atoms with Crippen molar-refractivity contribution in [3.05, 3.63) is 29.8 Å². The molecule has 0 amide bonds. The first-order valence-electron chi connectivity index (χ1n) is 3.84. The van der Waals surface area contributed by atoms with Crippen LogP contribution in [0, 0.1) is 6.92 Å². The fourth-order valence-electron chi connectivity index (χ4n) is 0.969. The van der Waals surface area contributed by atoms with Crippen LogP contribution in [0.2, 0.25) is 0 Å². The fraction of sp³-hybridized carbons (Fsp3) is 0.250. The number of rotatable bonds is 3. The summed E-state index contributed by atoms with van der Waals surface area (Å²) in [4.78, 5) is 0.367. The van der Waals surface area contributed by atoms with Crippen molar-refractivity contribution < 1.29 is 12.8 Å². The summed E-state index contributed by atoms with van der Waals surface area (Å²) in [5, 5.41) is 0. The lowest BCUT2D eigenvalue weighted by Gasteiger charge is -2.02. The second kappa shape index (κ2) is 4.04. The first-order chi connectivity index (χ1) is 6.06. The summed E-state index contributed by atoms with van der Waals surface area (Å²) in [6, 6.07) is 6.82. The first-order valence-corrected chi connectivity index (χ1v) is 7.81. The van der Waals surface area contributed by atoms with E-state index in [2.05, 4.69) is 0 Å². The van der Waals surface area contributed by atoms with Crippen LogP contribution in [0.3, 0.4) is 0 Å². The Morgan fingerprint density at radius 3 is 2.23 bits per heavy atom. The SMILES string of the molecule is CO[SiH2]S(=O)(=O)c1ccc(C)cc1. The van der Waals surface area contributed by atoms with Crippen molar-refractivity contribution in [1.29, 1.82) is 0 Å². The van der Waals surface area contributed by atoms with Gasteiger partial charge in [-0.3, -0.25) is 0 Å². The van der Waals surface area contributed by atoms with Crippen molar-refractivity contribution in [2.24, 2.45) is 0 Å². The zero-order valence-corrected chi connectivity index (χ0v) is 9.88. The predicted molar refractivity (Wildman–Crippen MR) is 53.9 cm³/mol. The molecule has 1 aromatic carbocycles. The normalized spacial score (nSPS) is 12.5. The molecular formula is C8H12O3SSi. The van der Waals surface area contributed by atoms with Gasteiger partial charge in [0.2, 0.25) is 0 Å². The van der Waals surface area contributed by atoms with E-state index in [4.69, 9.17) is 4.43 Å². The molecule has 0 N–H and O–H groups in total. The third-order valence-electron chi connectivity index (χ3n) is 1.65. The highest BCUT2D eigenvalue weighted by molar-refractivity contribution is 8.14. The quantitative estimate of drug-likeness (QED) is 0.688. The van der Waals surface area contributed by atoms with Crippen LogP contribution in [-0.4, -0.2) is 24.4 Å². The van der Waals surface area contributed by atoms with Crippen LogP contribution in [-0.2, 0) is 13.7 Å². The standard InChI is InChI=1S/C8H12O3SSi/c1-7-3-5-8(6-4-7)12(9,10)13-11-2/h3-6H,13H2,1-2H3. The van der Waals surface area contributed by atoms with Crippen molar-refractivity contribution in [3.63, 3.8) is 0 Å². The lowest BCUT2D eigenvalue weighted by molar-refractivity contribution is 0.451. The Morgan fingerprint density at radius 2 is 1.77 bits per heavy atom. The van der Waals surface area contributed by atoms with Gasteiger partial charge in [0.25, 0.3) is 0 Å². The van der Waals surface area contributed by atoms with Crippen molar-refractivity contribution in [2.75, 3.05) is 7.11 Å². The Hall–Kier alpha value is -0.653. The van der Waals surface area contributed by atoms with Crippen LogP contribution in [0.25, 0.3) is 0 Å². The summed E-state index contributed by atoms with van der Waals surface area (Å²) in [5.41, 5.74) is 1.05. The Bertz CT molecular complexity index is 369. The van der Waals surface area contributed by atoms with Gasteiger partial charge in [0.05, 0.1) is 4.90 Å². The summed E-state index contributed by atoms with van der Waals surface area (Å²) in [5.74, 6) is 0. The molecule has 0 aliphatic carbocycles. The molecule has 0 aliphatic heterocycles. The minimum atomic E-state index is -3.11. The third kappa shape index (κ3) is 2.65. The average molecular weight is 216 g/mol. The number of hydrogen-bond acceptors (Lipinski definition) is 3. The van der Waals surface area contributed by atoms with Crippen LogP contribution >= 0.6 is 0 Å². The molecule has 0 spiro atoms. The minimum Gasteiger partial charge on any atom is -0.411 e. The molecule has 0 heterocycles. The van der Waals surface area contributed by atoms with Gasteiger partial charge < -0.3 is 4.43 Å². The van der Waals surface area contributed by atoms with Crippen LogP contribution in [0.5, 0.6) is 0 Å². The Morgan fingerprint density at radius 1 is 1.23 bits per heavy atom. The summed E-state index contributed by atoms with van der Waals surface area (Å²) in [7, 11) is -3.17. The van der Waals surface area contributed by atoms with Crippen molar-refractivity contribution >= 4 is 18.2 Å². The Labute approximate surface area is 80.2 Å². The van der Waals surface area contributed by atoms with E-state index < -0.39 is 18.2 Å². The molecule has 0 aromatic heterocycles. The number of aryl methyl sites for hydroxylation is 1. The molecule has 72 valence electrons. The summed E-state index contributed by atoms with van der Waals surface area (Å²) in [6.07, 6.45) is 0. The highest BCUT2D eigenvalue weighted by atomic mass is 32.4. The third-order valence-corrected chi connectivity index (χ3v) is 5.83. The van der Waals surface area contributed by atoms with E-state index in [0.29, 0.717) is 4.90 Å². The molecule has 1 rings (SSSR count). The molecule has 0 saturated carbocycles. The van der Waals surface area contributed by atoms with Gasteiger partial charge in [-0.05, 0) is 19.1 Å². The Kier molecular flexibility index (Phi) is 3.24. The van der Waals surface area contributed by atoms with Crippen LogP contribution in [0.1, 0.15) is 5.56 Å². The topological polar surface area (TPSA) is 43.4 Å². The lowest BCUT2D eigenvalue weighted by Crippen LogP contribution is -2.12. The second-order valence-electron chi connectivity index (χ2n) is 2.83. The molecule has 0 radical (unpaired) electrons. The maximum absolute atomic E-state index is 11.5. The van der Waals surface area contributed by atoms with E-state index in [-0.39, 0.29) is 0 Å². The van der Waals surface area contributed by atoms with Gasteiger partial charge >= 0.3 is 8.91 Å². The van der Waals surface area contributed by atoms with Crippen molar-refractivity contribution in [3.8, 4) is 0 Å². The minimum absolute atomic E-state index is 0.367. The van der Waals surface area contributed by atoms with Gasteiger partial charge in [0, 0.05) is 7.11 Å². The highest BCUT2D eigenvalue weighted by Crippen LogP contribution is 2.10. The molecule has 0 bridgehead atoms. The zero-order chi connectivity index (χ0) is 9.90. The molecule has 0 aliphatic rings. The van der Waals surface area contributed by atoms with Crippen molar-refractivity contribution in [1.82, 2.24) is 0 Å². The van der Waals surface area contributed by atoms with Crippen LogP contribution < -0.4 is 0 Å². The first kappa shape index (κ1) is 10.4. The summed E-state index contributed by atoms with van der Waals surface area (Å²) in [6.45, 7) is 1.92. The van der Waals surface area contributed by atoms with E-state index in [1.54, 1.807) is 24.3 Å². The van der Waals surface area contributed by atoms with Gasteiger partial charge in [-0.2, -0.15) is 0 Å². The lowest BCUT2D eigenvalue weighted by atomic mass is 10.2. The van der Waals surface area contributed by atoms with E-state index in [0.717, 1.165) is 5.56 Å². The molecule has 1 aromatic rings. The largest absolute Gasteiger partial charge is 0.411 e. The van der Waals surface area contributed by atoms with Gasteiger partial charge in [-0.25, -0.2) is 8.42 Å². The second-order valence-corrected chi connectivity index (χ2v) is 8.34. The maximum atomic E-state index is 11.5. The molecule has 0 unspecified atom stereocenters. The molecule has 0 saturated heterocycles. The monoisotopic (exact) mass is 216 g/mol.